The molecule has 0 aromatic heterocycles. The van der Waals surface area contributed by atoms with Crippen molar-refractivity contribution in [3.8, 4) is 0 Å². The van der Waals surface area contributed by atoms with Crippen LogP contribution in [0.4, 0.5) is 0 Å². The van der Waals surface area contributed by atoms with Crippen molar-refractivity contribution in [3.05, 3.63) is 71.0 Å². The first-order chi connectivity index (χ1) is 12.9. The summed E-state index contributed by atoms with van der Waals surface area (Å²) in [6, 6.07) is 0. The average molecular weight is 347 g/mol. The molecule has 0 saturated carbocycles. The topological polar surface area (TPSA) is 24.4 Å². The lowest BCUT2D eigenvalue weighted by atomic mass is 9.79. The molecule has 4 aliphatic rings. The maximum atomic E-state index is 5.02. The third kappa shape index (κ3) is 4.00. The Labute approximate surface area is 157 Å². The fraction of sp³-hybridized carbons (Fsp3) is 0.458. The van der Waals surface area contributed by atoms with E-state index < -0.39 is 0 Å². The molecule has 0 spiro atoms. The van der Waals surface area contributed by atoms with E-state index in [-0.39, 0.29) is 0 Å². The van der Waals surface area contributed by atoms with Crippen LogP contribution in [0.25, 0.3) is 0 Å². The fourth-order valence-corrected chi connectivity index (χ4v) is 4.44. The molecule has 0 radical (unpaired) electrons. The van der Waals surface area contributed by atoms with Crippen molar-refractivity contribution in [1.29, 1.82) is 0 Å². The van der Waals surface area contributed by atoms with E-state index >= 15 is 0 Å². The van der Waals surface area contributed by atoms with Gasteiger partial charge in [-0.25, -0.2) is 0 Å². The van der Waals surface area contributed by atoms with Gasteiger partial charge in [-0.05, 0) is 62.5 Å². The minimum atomic E-state index is 0.552. The van der Waals surface area contributed by atoms with Gasteiger partial charge >= 0.3 is 0 Å². The van der Waals surface area contributed by atoms with E-state index in [0.29, 0.717) is 5.92 Å². The zero-order valence-corrected chi connectivity index (χ0v) is 15.7. The lowest BCUT2D eigenvalue weighted by molar-refractivity contribution is 0.693. The fourth-order valence-electron chi connectivity index (χ4n) is 4.44. The summed E-state index contributed by atoms with van der Waals surface area (Å²) >= 11 is 0. The maximum absolute atomic E-state index is 5.02. The third-order valence-electron chi connectivity index (χ3n) is 5.76. The first-order valence-electron chi connectivity index (χ1n) is 10.3. The zero-order chi connectivity index (χ0) is 17.6. The van der Waals surface area contributed by atoms with E-state index in [0.717, 1.165) is 38.8 Å². The van der Waals surface area contributed by atoms with Gasteiger partial charge in [-0.1, -0.05) is 54.2 Å². The standard InChI is InChI=1S/C24H30N2/c1-3-9-19(10-4-1)11-8-17-25-23-15-7-14-22-21(16-18-26-24(22)23)20-12-5-2-6-13-20/h2-3,5-6,9-10,12,16,20,26H,1,4,7-8,11,13-15,17-18H2. The monoisotopic (exact) mass is 346 g/mol. The van der Waals surface area contributed by atoms with Crippen LogP contribution in [-0.2, 0) is 0 Å². The normalized spacial score (nSPS) is 26.5. The quantitative estimate of drug-likeness (QED) is 0.645. The van der Waals surface area contributed by atoms with Crippen molar-refractivity contribution in [2.45, 2.75) is 51.4 Å². The summed E-state index contributed by atoms with van der Waals surface area (Å²) in [6.45, 7) is 1.89. The maximum Gasteiger partial charge on any atom is 0.0592 e. The average Bonchev–Trinajstić information content (AvgIpc) is 2.72. The highest BCUT2D eigenvalue weighted by molar-refractivity contribution is 6.02. The summed E-state index contributed by atoms with van der Waals surface area (Å²) in [5.74, 6) is 0.552. The molecule has 0 aromatic rings. The van der Waals surface area contributed by atoms with Gasteiger partial charge in [0.1, 0.15) is 0 Å². The van der Waals surface area contributed by atoms with E-state index in [2.05, 4.69) is 53.9 Å². The van der Waals surface area contributed by atoms with Crippen LogP contribution in [0.15, 0.2) is 76.0 Å². The highest BCUT2D eigenvalue weighted by atomic mass is 14.9. The Bertz CT molecular complexity index is 740. The van der Waals surface area contributed by atoms with E-state index in [9.17, 15) is 0 Å². The zero-order valence-electron chi connectivity index (χ0n) is 15.7. The molecule has 0 bridgehead atoms. The minimum absolute atomic E-state index is 0.552. The number of dihydropyridines is 1. The van der Waals surface area contributed by atoms with Crippen LogP contribution >= 0.6 is 0 Å². The molecule has 136 valence electrons. The van der Waals surface area contributed by atoms with Crippen LogP contribution in [0, 0.1) is 5.92 Å². The van der Waals surface area contributed by atoms with Gasteiger partial charge in [0.2, 0.25) is 0 Å². The molecule has 4 rings (SSSR count). The molecule has 0 saturated heterocycles. The molecular weight excluding hydrogens is 316 g/mol. The van der Waals surface area contributed by atoms with Crippen molar-refractivity contribution < 1.29 is 0 Å². The number of nitrogens with one attached hydrogen (secondary N) is 1. The summed E-state index contributed by atoms with van der Waals surface area (Å²) in [7, 11) is 0. The summed E-state index contributed by atoms with van der Waals surface area (Å²) in [4.78, 5) is 5.02. The molecule has 2 nitrogen and oxygen atoms in total. The summed E-state index contributed by atoms with van der Waals surface area (Å²) in [6.07, 6.45) is 27.8. The van der Waals surface area contributed by atoms with Crippen LogP contribution in [0.1, 0.15) is 51.4 Å². The number of nitrogens with zero attached hydrogens (tertiary/aromatic N) is 1. The molecule has 1 aliphatic heterocycles. The predicted octanol–water partition coefficient (Wildman–Crippen LogP) is 5.58. The van der Waals surface area contributed by atoms with Crippen molar-refractivity contribution >= 4 is 5.71 Å². The first kappa shape index (κ1) is 17.3. The Balaban J connectivity index is 1.43. The highest BCUT2D eigenvalue weighted by Crippen LogP contribution is 2.36. The number of allylic oxidation sites excluding steroid dienone is 11. The Hall–Kier alpha value is -2.09. The summed E-state index contributed by atoms with van der Waals surface area (Å²) in [5, 5.41) is 3.64. The van der Waals surface area contributed by atoms with Gasteiger partial charge < -0.3 is 5.32 Å². The predicted molar refractivity (Wildman–Crippen MR) is 111 cm³/mol. The van der Waals surface area contributed by atoms with Crippen LogP contribution < -0.4 is 5.32 Å². The van der Waals surface area contributed by atoms with Crippen molar-refractivity contribution in [3.63, 3.8) is 0 Å². The second-order valence-electron chi connectivity index (χ2n) is 7.59. The van der Waals surface area contributed by atoms with Gasteiger partial charge in [0.15, 0.2) is 0 Å². The molecule has 1 heterocycles. The van der Waals surface area contributed by atoms with Gasteiger partial charge in [-0.3, -0.25) is 4.99 Å². The van der Waals surface area contributed by atoms with Gasteiger partial charge in [0, 0.05) is 19.0 Å². The first-order valence-corrected chi connectivity index (χ1v) is 10.3. The highest BCUT2D eigenvalue weighted by Gasteiger charge is 2.26. The lowest BCUT2D eigenvalue weighted by Crippen LogP contribution is -2.31. The molecule has 1 unspecified atom stereocenters. The number of rotatable bonds is 5. The Morgan fingerprint density at radius 2 is 2.08 bits per heavy atom. The molecule has 0 aromatic carbocycles. The molecule has 0 amide bonds. The van der Waals surface area contributed by atoms with Crippen molar-refractivity contribution in [2.24, 2.45) is 10.9 Å². The second-order valence-corrected chi connectivity index (χ2v) is 7.59. The van der Waals surface area contributed by atoms with Crippen LogP contribution in [0.2, 0.25) is 0 Å². The van der Waals surface area contributed by atoms with Gasteiger partial charge in [0.25, 0.3) is 0 Å². The molecule has 1 atom stereocenters. The Morgan fingerprint density at radius 1 is 1.08 bits per heavy atom. The second kappa shape index (κ2) is 8.53. The number of hydrogen-bond donors (Lipinski definition) is 1. The van der Waals surface area contributed by atoms with E-state index in [1.165, 1.54) is 48.2 Å². The summed E-state index contributed by atoms with van der Waals surface area (Å²) in [5.41, 5.74) is 7.25. The summed E-state index contributed by atoms with van der Waals surface area (Å²) < 4.78 is 0. The van der Waals surface area contributed by atoms with Crippen molar-refractivity contribution in [2.75, 3.05) is 13.1 Å². The van der Waals surface area contributed by atoms with Crippen LogP contribution in [0.3, 0.4) is 0 Å². The van der Waals surface area contributed by atoms with E-state index in [1.807, 2.05) is 0 Å². The minimum Gasteiger partial charge on any atom is -0.380 e. The molecule has 0 fully saturated rings. The van der Waals surface area contributed by atoms with Crippen LogP contribution in [-0.4, -0.2) is 18.8 Å². The number of aliphatic imine (C=N–C) groups is 1. The third-order valence-corrected chi connectivity index (χ3v) is 5.76. The largest absolute Gasteiger partial charge is 0.380 e. The van der Waals surface area contributed by atoms with Gasteiger partial charge in [-0.15, -0.1) is 0 Å². The number of hydrogen-bond acceptors (Lipinski definition) is 2. The van der Waals surface area contributed by atoms with Crippen molar-refractivity contribution in [1.82, 2.24) is 5.32 Å². The van der Waals surface area contributed by atoms with E-state index in [1.54, 1.807) is 5.57 Å². The Morgan fingerprint density at radius 3 is 2.92 bits per heavy atom. The smallest absolute Gasteiger partial charge is 0.0592 e. The van der Waals surface area contributed by atoms with Gasteiger partial charge in [0.05, 0.1) is 11.4 Å². The molecule has 26 heavy (non-hydrogen) atoms. The lowest BCUT2D eigenvalue weighted by Gasteiger charge is -2.31. The molecule has 2 heteroatoms. The van der Waals surface area contributed by atoms with Crippen LogP contribution in [0.5, 0.6) is 0 Å². The van der Waals surface area contributed by atoms with Gasteiger partial charge in [-0.2, -0.15) is 0 Å². The molecular formula is C24H30N2. The molecule has 3 aliphatic carbocycles. The Kier molecular flexibility index (Phi) is 5.68. The SMILES string of the molecule is C1=CCC(C2=CCNC3=C2CCCC3=NCCCC2=CCCC=C2)C=C1. The van der Waals surface area contributed by atoms with E-state index in [4.69, 9.17) is 4.99 Å². The molecule has 1 N–H and O–H groups in total.